The fraction of sp³-hybridized carbons (Fsp3) is 0.286. The van der Waals surface area contributed by atoms with Gasteiger partial charge in [-0.25, -0.2) is 18.4 Å². The number of hydrogen-bond acceptors (Lipinski definition) is 5. The molecule has 0 spiro atoms. The molecule has 0 aliphatic rings. The highest BCUT2D eigenvalue weighted by molar-refractivity contribution is 7.99. The first-order valence-electron chi connectivity index (χ1n) is 6.11. The van der Waals surface area contributed by atoms with Gasteiger partial charge in [-0.05, 0) is 37.1 Å². The molecule has 0 bridgehead atoms. The zero-order chi connectivity index (χ0) is 14.8. The Balaban J connectivity index is 2.13. The van der Waals surface area contributed by atoms with Crippen LogP contribution in [0.15, 0.2) is 46.7 Å². The molecule has 2 aromatic rings. The monoisotopic (exact) mass is 308 g/mol. The maximum atomic E-state index is 11.4. The SMILES string of the molecule is Cc1cnc(S[C@@H](C)c2ccc(S(C)(=O)=O)cc2)nc1. The highest BCUT2D eigenvalue weighted by atomic mass is 32.2. The number of sulfone groups is 1. The molecule has 20 heavy (non-hydrogen) atoms. The molecule has 1 heterocycles. The van der Waals surface area contributed by atoms with E-state index in [1.54, 1.807) is 36.3 Å². The minimum atomic E-state index is -3.14. The van der Waals surface area contributed by atoms with Crippen LogP contribution < -0.4 is 0 Å². The van der Waals surface area contributed by atoms with Gasteiger partial charge >= 0.3 is 0 Å². The molecule has 1 aromatic carbocycles. The summed E-state index contributed by atoms with van der Waals surface area (Å²) in [6, 6.07) is 6.94. The van der Waals surface area contributed by atoms with E-state index in [1.807, 2.05) is 26.0 Å². The second-order valence-electron chi connectivity index (χ2n) is 4.64. The summed E-state index contributed by atoms with van der Waals surface area (Å²) in [5.74, 6) is 0. The van der Waals surface area contributed by atoms with Crippen molar-refractivity contribution >= 4 is 21.6 Å². The number of aryl methyl sites for hydroxylation is 1. The lowest BCUT2D eigenvalue weighted by Gasteiger charge is -2.11. The summed E-state index contributed by atoms with van der Waals surface area (Å²) < 4.78 is 22.8. The molecule has 0 aliphatic carbocycles. The summed E-state index contributed by atoms with van der Waals surface area (Å²) >= 11 is 1.55. The Morgan fingerprint density at radius 3 is 2.15 bits per heavy atom. The van der Waals surface area contributed by atoms with Crippen LogP contribution in [0, 0.1) is 6.92 Å². The van der Waals surface area contributed by atoms with Crippen molar-refractivity contribution in [2.24, 2.45) is 0 Å². The van der Waals surface area contributed by atoms with Crippen molar-refractivity contribution in [3.63, 3.8) is 0 Å². The molecule has 6 heteroatoms. The molecule has 0 unspecified atom stereocenters. The standard InChI is InChI=1S/C14H16N2O2S2/c1-10-8-15-14(16-9-10)19-11(2)12-4-6-13(7-5-12)20(3,17)18/h4-9,11H,1-3H3/t11-/m0/s1. The summed E-state index contributed by atoms with van der Waals surface area (Å²) in [6.07, 6.45) is 4.78. The molecule has 0 N–H and O–H groups in total. The minimum Gasteiger partial charge on any atom is -0.231 e. The Bertz CT molecular complexity index is 680. The number of aromatic nitrogens is 2. The van der Waals surface area contributed by atoms with E-state index in [2.05, 4.69) is 9.97 Å². The lowest BCUT2D eigenvalue weighted by atomic mass is 10.2. The smallest absolute Gasteiger partial charge is 0.188 e. The zero-order valence-electron chi connectivity index (χ0n) is 11.6. The fourth-order valence-electron chi connectivity index (χ4n) is 1.65. The molecule has 1 aromatic heterocycles. The van der Waals surface area contributed by atoms with Gasteiger partial charge in [0.1, 0.15) is 0 Å². The van der Waals surface area contributed by atoms with E-state index in [0.717, 1.165) is 16.3 Å². The molecule has 106 valence electrons. The van der Waals surface area contributed by atoms with Gasteiger partial charge in [0.15, 0.2) is 15.0 Å². The Kier molecular flexibility index (Phi) is 4.45. The van der Waals surface area contributed by atoms with Crippen molar-refractivity contribution in [3.05, 3.63) is 47.8 Å². The van der Waals surface area contributed by atoms with Crippen LogP contribution in [0.1, 0.15) is 23.3 Å². The third kappa shape index (κ3) is 3.80. The average Bonchev–Trinajstić information content (AvgIpc) is 2.40. The lowest BCUT2D eigenvalue weighted by Crippen LogP contribution is -1.98. The van der Waals surface area contributed by atoms with Gasteiger partial charge in [-0.2, -0.15) is 0 Å². The fourth-order valence-corrected chi connectivity index (χ4v) is 3.12. The molecule has 2 rings (SSSR count). The van der Waals surface area contributed by atoms with Gasteiger partial charge < -0.3 is 0 Å². The second-order valence-corrected chi connectivity index (χ2v) is 7.97. The normalized spacial score (nSPS) is 13.2. The molecule has 0 aliphatic heterocycles. The Labute approximate surface area is 123 Å². The van der Waals surface area contributed by atoms with Crippen LogP contribution in [0.3, 0.4) is 0 Å². The number of hydrogen-bond donors (Lipinski definition) is 0. The van der Waals surface area contributed by atoms with Crippen molar-refractivity contribution in [1.82, 2.24) is 9.97 Å². The van der Waals surface area contributed by atoms with E-state index in [9.17, 15) is 8.42 Å². The highest BCUT2D eigenvalue weighted by Crippen LogP contribution is 2.32. The largest absolute Gasteiger partial charge is 0.231 e. The highest BCUT2D eigenvalue weighted by Gasteiger charge is 2.11. The molecule has 1 atom stereocenters. The predicted molar refractivity (Wildman–Crippen MR) is 80.6 cm³/mol. The molecular formula is C14H16N2O2S2. The first-order valence-corrected chi connectivity index (χ1v) is 8.88. The molecular weight excluding hydrogens is 292 g/mol. The minimum absolute atomic E-state index is 0.159. The maximum Gasteiger partial charge on any atom is 0.188 e. The molecule has 0 fully saturated rings. The Morgan fingerprint density at radius 2 is 1.65 bits per heavy atom. The van der Waals surface area contributed by atoms with E-state index in [1.165, 1.54) is 6.26 Å². The van der Waals surface area contributed by atoms with Gasteiger partial charge in [-0.15, -0.1) is 0 Å². The molecule has 4 nitrogen and oxygen atoms in total. The average molecular weight is 308 g/mol. The van der Waals surface area contributed by atoms with Crippen LogP contribution in [-0.4, -0.2) is 24.6 Å². The van der Waals surface area contributed by atoms with Crippen molar-refractivity contribution in [2.45, 2.75) is 29.1 Å². The number of rotatable bonds is 4. The Morgan fingerprint density at radius 1 is 1.10 bits per heavy atom. The molecule has 0 amide bonds. The van der Waals surface area contributed by atoms with Crippen LogP contribution in [0.4, 0.5) is 0 Å². The van der Waals surface area contributed by atoms with Gasteiger partial charge in [0.25, 0.3) is 0 Å². The summed E-state index contributed by atoms with van der Waals surface area (Å²) in [5.41, 5.74) is 2.08. The summed E-state index contributed by atoms with van der Waals surface area (Å²) in [5, 5.41) is 0.876. The molecule has 0 radical (unpaired) electrons. The molecule has 0 saturated heterocycles. The number of benzene rings is 1. The van der Waals surface area contributed by atoms with Crippen molar-refractivity contribution in [2.75, 3.05) is 6.26 Å². The van der Waals surface area contributed by atoms with E-state index in [-0.39, 0.29) is 5.25 Å². The number of nitrogens with zero attached hydrogens (tertiary/aromatic N) is 2. The third-order valence-corrected chi connectivity index (χ3v) is 4.99. The van der Waals surface area contributed by atoms with Crippen LogP contribution in [-0.2, 0) is 9.84 Å². The second kappa shape index (κ2) is 5.93. The third-order valence-electron chi connectivity index (χ3n) is 2.82. The zero-order valence-corrected chi connectivity index (χ0v) is 13.2. The van der Waals surface area contributed by atoms with Crippen LogP contribution in [0.5, 0.6) is 0 Å². The molecule has 0 saturated carbocycles. The van der Waals surface area contributed by atoms with Crippen molar-refractivity contribution in [3.8, 4) is 0 Å². The summed E-state index contributed by atoms with van der Waals surface area (Å²) in [6.45, 7) is 3.99. The van der Waals surface area contributed by atoms with Gasteiger partial charge in [-0.1, -0.05) is 23.9 Å². The van der Waals surface area contributed by atoms with Crippen LogP contribution in [0.25, 0.3) is 0 Å². The summed E-state index contributed by atoms with van der Waals surface area (Å²) in [4.78, 5) is 8.85. The summed E-state index contributed by atoms with van der Waals surface area (Å²) in [7, 11) is -3.14. The van der Waals surface area contributed by atoms with Crippen LogP contribution >= 0.6 is 11.8 Å². The van der Waals surface area contributed by atoms with Crippen molar-refractivity contribution < 1.29 is 8.42 Å². The van der Waals surface area contributed by atoms with E-state index < -0.39 is 9.84 Å². The van der Waals surface area contributed by atoms with Crippen LogP contribution in [0.2, 0.25) is 0 Å². The van der Waals surface area contributed by atoms with Gasteiger partial charge in [0, 0.05) is 23.9 Å². The van der Waals surface area contributed by atoms with Gasteiger partial charge in [-0.3, -0.25) is 0 Å². The lowest BCUT2D eigenvalue weighted by molar-refractivity contribution is 0.602. The van der Waals surface area contributed by atoms with E-state index >= 15 is 0 Å². The Hall–Kier alpha value is -1.40. The van der Waals surface area contributed by atoms with Gasteiger partial charge in [0.05, 0.1) is 4.90 Å². The number of thioether (sulfide) groups is 1. The topological polar surface area (TPSA) is 59.9 Å². The van der Waals surface area contributed by atoms with E-state index in [0.29, 0.717) is 4.90 Å². The van der Waals surface area contributed by atoms with Crippen molar-refractivity contribution in [1.29, 1.82) is 0 Å². The van der Waals surface area contributed by atoms with Gasteiger partial charge in [0.2, 0.25) is 0 Å². The quantitative estimate of drug-likeness (QED) is 0.642. The predicted octanol–water partition coefficient (Wildman–Crippen LogP) is 3.04. The first kappa shape index (κ1) is 15.0. The first-order chi connectivity index (χ1) is 9.36. The van der Waals surface area contributed by atoms with E-state index in [4.69, 9.17) is 0 Å². The maximum absolute atomic E-state index is 11.4.